The van der Waals surface area contributed by atoms with Gasteiger partial charge in [-0.05, 0) is 24.1 Å². The molecule has 0 aliphatic carbocycles. The van der Waals surface area contributed by atoms with Crippen LogP contribution in [0.2, 0.25) is 0 Å². The largest absolute Gasteiger partial charge is 0.500 e. The Morgan fingerprint density at radius 3 is 2.82 bits per heavy atom. The van der Waals surface area contributed by atoms with Gasteiger partial charge in [-0.1, -0.05) is 38.5 Å². The Morgan fingerprint density at radius 2 is 2.06 bits per heavy atom. The number of hydrogen-bond donors (Lipinski definition) is 3. The molecule has 1 aliphatic rings. The molecule has 1 aromatic carbocycles. The third kappa shape index (κ3) is 4.42. The zero-order chi connectivity index (χ0) is 21.9. The first kappa shape index (κ1) is 21.7. The summed E-state index contributed by atoms with van der Waals surface area (Å²) in [7, 11) is 0. The second kappa shape index (κ2) is 9.31. The molecule has 11 heteroatoms. The van der Waals surface area contributed by atoms with Gasteiger partial charge in [0.05, 0.1) is 11.9 Å². The van der Waals surface area contributed by atoms with Crippen molar-refractivity contribution in [2.24, 2.45) is 0 Å². The normalized spacial score (nSPS) is 14.4. The van der Waals surface area contributed by atoms with Crippen LogP contribution >= 0.6 is 0 Å². The van der Waals surface area contributed by atoms with Crippen molar-refractivity contribution in [3.8, 4) is 5.69 Å². The molecule has 0 unspecified atom stereocenters. The predicted molar refractivity (Wildman–Crippen MR) is 123 cm³/mol. The summed E-state index contributed by atoms with van der Waals surface area (Å²) in [5.41, 5.74) is 3.94. The van der Waals surface area contributed by atoms with Gasteiger partial charge in [-0.25, -0.2) is 15.7 Å². The van der Waals surface area contributed by atoms with Gasteiger partial charge in [0.25, 0.3) is 0 Å². The van der Waals surface area contributed by atoms with E-state index in [1.807, 2.05) is 24.4 Å². The average molecular weight is 694 g/mol. The second-order valence-corrected chi connectivity index (χ2v) is 8.19. The summed E-state index contributed by atoms with van der Waals surface area (Å²) in [6.07, 6.45) is 7.24. The summed E-state index contributed by atoms with van der Waals surface area (Å²) < 4.78 is 3.54. The van der Waals surface area contributed by atoms with E-state index in [0.717, 1.165) is 48.4 Å². The minimum atomic E-state index is 0. The van der Waals surface area contributed by atoms with Gasteiger partial charge in [-0.2, -0.15) is 31.1 Å². The number of hydrogen-bond acceptors (Lipinski definition) is 8. The quantitative estimate of drug-likeness (QED) is 0.254. The maximum Gasteiger partial charge on any atom is 0.229 e. The summed E-state index contributed by atoms with van der Waals surface area (Å²) in [5, 5.41) is 19.1. The maximum absolute atomic E-state index is 4.79. The SMILES string of the molecule is CC(C)c1cnn2c(NCc3ccccc3-n3cncn3)nc(N[C-]3CCCNC3)nc12.[Lr]. The molecule has 4 aromatic rings. The van der Waals surface area contributed by atoms with Crippen LogP contribution in [0.25, 0.3) is 11.3 Å². The molecule has 3 N–H and O–H groups in total. The average Bonchev–Trinajstić information content (AvgIpc) is 3.49. The Labute approximate surface area is 186 Å². The molecule has 181 valence electrons. The third-order valence-corrected chi connectivity index (χ3v) is 5.57. The van der Waals surface area contributed by atoms with Crippen LogP contribution < -0.4 is 16.0 Å². The maximum atomic E-state index is 4.79. The molecule has 1 aliphatic heterocycles. The first-order chi connectivity index (χ1) is 15.7. The molecule has 0 bridgehead atoms. The molecule has 3 aromatic heterocycles. The molecule has 33 heavy (non-hydrogen) atoms. The standard InChI is InChI=1S/C22H27N10.Lr/c1-15(2)18-12-26-32-20(18)29-21(28-17-7-5-9-23-11-17)30-22(32)25-10-16-6-3-4-8-19(16)31-14-24-13-27-31;/h3-4,6,8,12-15,23H,5,7,9-11H2,1-2H3,(H2,25,28,29,30);/q-1;. The van der Waals surface area contributed by atoms with E-state index in [0.29, 0.717) is 24.4 Å². The van der Waals surface area contributed by atoms with E-state index in [2.05, 4.69) is 51.0 Å². The van der Waals surface area contributed by atoms with Crippen LogP contribution in [0, 0.1) is 6.04 Å². The number of nitrogens with one attached hydrogen (secondary N) is 3. The number of nitrogens with zero attached hydrogens (tertiary/aromatic N) is 7. The van der Waals surface area contributed by atoms with Crippen LogP contribution in [0.5, 0.6) is 0 Å². The van der Waals surface area contributed by atoms with E-state index in [4.69, 9.17) is 9.97 Å². The van der Waals surface area contributed by atoms with Crippen LogP contribution in [0.15, 0.2) is 43.1 Å². The summed E-state index contributed by atoms with van der Waals surface area (Å²) in [6, 6.07) is 9.29. The topological polar surface area (TPSA) is 110 Å². The zero-order valence-corrected chi connectivity index (χ0v) is 20.7. The van der Waals surface area contributed by atoms with Crippen LogP contribution in [0.4, 0.5) is 11.9 Å². The molecule has 0 saturated carbocycles. The summed E-state index contributed by atoms with van der Waals surface area (Å²) >= 11 is 0. The monoisotopic (exact) mass is 693 g/mol. The van der Waals surface area contributed by atoms with Crippen molar-refractivity contribution in [2.75, 3.05) is 23.7 Å². The van der Waals surface area contributed by atoms with Crippen molar-refractivity contribution >= 4 is 17.5 Å². The van der Waals surface area contributed by atoms with Gasteiger partial charge in [0, 0.05) is 12.1 Å². The van der Waals surface area contributed by atoms with Crippen LogP contribution in [0.3, 0.4) is 0 Å². The molecular formula is C22H27LrN10-. The van der Waals surface area contributed by atoms with E-state index >= 15 is 0 Å². The van der Waals surface area contributed by atoms with Crippen molar-refractivity contribution in [3.05, 3.63) is 60.3 Å². The number of rotatable bonds is 7. The molecule has 1 fully saturated rings. The molecule has 1 saturated heterocycles. The molecule has 4 heterocycles. The first-order valence-electron chi connectivity index (χ1n) is 10.9. The van der Waals surface area contributed by atoms with Crippen molar-refractivity contribution in [3.63, 3.8) is 0 Å². The summed E-state index contributed by atoms with van der Waals surface area (Å²) in [5.74, 6) is 1.54. The van der Waals surface area contributed by atoms with Gasteiger partial charge in [-0.3, -0.25) is 0 Å². The number of para-hydroxylation sites is 1. The molecule has 0 amide bonds. The van der Waals surface area contributed by atoms with Gasteiger partial charge < -0.3 is 16.0 Å². The number of fused-ring (bicyclic) bond motifs is 1. The van der Waals surface area contributed by atoms with Crippen molar-refractivity contribution in [1.29, 1.82) is 0 Å². The minimum Gasteiger partial charge on any atom is -0.500 e. The fraction of sp³-hybridized carbons (Fsp3) is 0.364. The number of anilines is 2. The van der Waals surface area contributed by atoms with Crippen LogP contribution in [-0.2, 0) is 6.54 Å². The molecule has 0 atom stereocenters. The summed E-state index contributed by atoms with van der Waals surface area (Å²) in [4.78, 5) is 13.6. The molecule has 10 nitrogen and oxygen atoms in total. The van der Waals surface area contributed by atoms with E-state index in [1.165, 1.54) is 12.4 Å². The van der Waals surface area contributed by atoms with Crippen LogP contribution in [-0.4, -0.2) is 47.4 Å². The minimum absolute atomic E-state index is 0. The Balaban J connectivity index is 0.00000259. The van der Waals surface area contributed by atoms with E-state index < -0.39 is 0 Å². The molecule has 0 spiro atoms. The van der Waals surface area contributed by atoms with Crippen molar-refractivity contribution in [1.82, 2.24) is 39.7 Å². The number of benzene rings is 1. The molecule has 1 radical (unpaired) electrons. The van der Waals surface area contributed by atoms with Gasteiger partial charge >= 0.3 is 0 Å². The Morgan fingerprint density at radius 1 is 1.18 bits per heavy atom. The van der Waals surface area contributed by atoms with Crippen molar-refractivity contribution < 1.29 is 0 Å². The Bertz CT molecular complexity index is 1180. The Kier molecular flexibility index (Phi) is 6.12. The number of aromatic nitrogens is 7. The van der Waals surface area contributed by atoms with Gasteiger partial charge in [-0.15, -0.1) is 6.54 Å². The van der Waals surface area contributed by atoms with Crippen molar-refractivity contribution in [2.45, 2.75) is 39.2 Å². The first-order valence-corrected chi connectivity index (χ1v) is 10.9. The predicted octanol–water partition coefficient (Wildman–Crippen LogP) is 2.77. The molecule has 5 rings (SSSR count). The smallest absolute Gasteiger partial charge is 0.229 e. The van der Waals surface area contributed by atoms with Gasteiger partial charge in [0.15, 0.2) is 11.6 Å². The fourth-order valence-electron chi connectivity index (χ4n) is 3.88. The summed E-state index contributed by atoms with van der Waals surface area (Å²) in [6.45, 7) is 6.72. The van der Waals surface area contributed by atoms with E-state index in [9.17, 15) is 0 Å². The Hall–Kier alpha value is -4.53. The third-order valence-electron chi connectivity index (χ3n) is 5.57. The van der Waals surface area contributed by atoms with E-state index in [-0.39, 0.29) is 0 Å². The van der Waals surface area contributed by atoms with Gasteiger partial charge in [0.2, 0.25) is 5.95 Å². The molecular weight excluding hydrogens is 666 g/mol. The van der Waals surface area contributed by atoms with Crippen LogP contribution in [0.1, 0.15) is 43.7 Å². The zero-order valence-electron chi connectivity index (χ0n) is 18.5. The second-order valence-electron chi connectivity index (χ2n) is 8.19. The van der Waals surface area contributed by atoms with Gasteiger partial charge in [0.1, 0.15) is 12.7 Å². The van der Waals surface area contributed by atoms with E-state index in [1.54, 1.807) is 15.5 Å². The fourth-order valence-corrected chi connectivity index (χ4v) is 3.88. The number of piperidine rings is 1.